The lowest BCUT2D eigenvalue weighted by atomic mass is 10.1. The summed E-state index contributed by atoms with van der Waals surface area (Å²) in [5.41, 5.74) is 3.32. The van der Waals surface area contributed by atoms with Crippen LogP contribution in [-0.2, 0) is 13.1 Å². The first-order chi connectivity index (χ1) is 12.5. The highest BCUT2D eigenvalue weighted by Gasteiger charge is 2.11. The second-order valence-electron chi connectivity index (χ2n) is 6.64. The Morgan fingerprint density at radius 1 is 1.00 bits per heavy atom. The van der Waals surface area contributed by atoms with Gasteiger partial charge in [-0.3, -0.25) is 4.90 Å². The van der Waals surface area contributed by atoms with Gasteiger partial charge in [0.2, 0.25) is 0 Å². The maximum atomic E-state index is 11.9. The molecule has 136 valence electrons. The van der Waals surface area contributed by atoms with Gasteiger partial charge in [-0.05, 0) is 41.9 Å². The fourth-order valence-electron chi connectivity index (χ4n) is 3.03. The molecule has 0 unspecified atom stereocenters. The van der Waals surface area contributed by atoms with Crippen LogP contribution in [0.2, 0.25) is 0 Å². The Bertz CT molecular complexity index is 946. The first-order valence-corrected chi connectivity index (χ1v) is 8.70. The van der Waals surface area contributed by atoms with Gasteiger partial charge in [-0.15, -0.1) is 0 Å². The van der Waals surface area contributed by atoms with E-state index in [1.165, 1.54) is 23.4 Å². The van der Waals surface area contributed by atoms with Crippen LogP contribution in [0.3, 0.4) is 0 Å². The number of hydrogen-bond acceptors (Lipinski definition) is 5. The van der Waals surface area contributed by atoms with Crippen LogP contribution in [0.4, 0.5) is 5.69 Å². The maximum absolute atomic E-state index is 11.9. The van der Waals surface area contributed by atoms with E-state index in [9.17, 15) is 9.90 Å². The summed E-state index contributed by atoms with van der Waals surface area (Å²) in [5.74, 6) is 0.0890. The fourth-order valence-corrected chi connectivity index (χ4v) is 3.03. The Morgan fingerprint density at radius 3 is 2.38 bits per heavy atom. The molecule has 0 spiro atoms. The van der Waals surface area contributed by atoms with Crippen LogP contribution < -0.4 is 10.5 Å². The average molecular weight is 352 g/mol. The number of rotatable bonds is 6. The van der Waals surface area contributed by atoms with E-state index in [0.29, 0.717) is 12.1 Å². The summed E-state index contributed by atoms with van der Waals surface area (Å²) < 4.78 is 5.21. The molecule has 5 nitrogen and oxygen atoms in total. The molecule has 0 atom stereocenters. The van der Waals surface area contributed by atoms with Gasteiger partial charge in [0, 0.05) is 50.4 Å². The molecule has 26 heavy (non-hydrogen) atoms. The first-order valence-electron chi connectivity index (χ1n) is 8.70. The minimum absolute atomic E-state index is 0.0890. The van der Waals surface area contributed by atoms with Gasteiger partial charge in [-0.1, -0.05) is 19.1 Å². The summed E-state index contributed by atoms with van der Waals surface area (Å²) in [6, 6.07) is 14.9. The van der Waals surface area contributed by atoms with E-state index in [1.807, 2.05) is 14.1 Å². The van der Waals surface area contributed by atoms with Gasteiger partial charge < -0.3 is 14.4 Å². The highest BCUT2D eigenvalue weighted by molar-refractivity contribution is 5.81. The Labute approximate surface area is 153 Å². The van der Waals surface area contributed by atoms with E-state index in [2.05, 4.69) is 41.0 Å². The third-order valence-electron chi connectivity index (χ3n) is 4.51. The number of phenols is 1. The molecule has 0 aliphatic heterocycles. The van der Waals surface area contributed by atoms with Crippen molar-refractivity contribution in [3.8, 4) is 5.75 Å². The predicted molar refractivity (Wildman–Crippen MR) is 105 cm³/mol. The smallest absolute Gasteiger partial charge is 0.336 e. The van der Waals surface area contributed by atoms with Crippen LogP contribution in [0.1, 0.15) is 18.1 Å². The minimum atomic E-state index is -0.399. The number of nitrogens with zero attached hydrogens (tertiary/aromatic N) is 2. The van der Waals surface area contributed by atoms with Crippen LogP contribution in [-0.4, -0.2) is 30.6 Å². The Balaban J connectivity index is 1.84. The molecule has 0 saturated carbocycles. The number of phenolic OH excluding ortho intramolecular Hbond substituents is 1. The normalized spacial score (nSPS) is 11.2. The summed E-state index contributed by atoms with van der Waals surface area (Å²) in [4.78, 5) is 16.2. The molecule has 0 amide bonds. The number of aromatic hydroxyl groups is 1. The van der Waals surface area contributed by atoms with Gasteiger partial charge in [0.15, 0.2) is 0 Å². The number of hydrogen-bond donors (Lipinski definition) is 1. The van der Waals surface area contributed by atoms with Crippen LogP contribution in [0, 0.1) is 0 Å². The quantitative estimate of drug-likeness (QED) is 0.687. The molecular formula is C21H24N2O3. The maximum Gasteiger partial charge on any atom is 0.336 e. The van der Waals surface area contributed by atoms with Crippen molar-refractivity contribution in [1.82, 2.24) is 4.90 Å². The van der Waals surface area contributed by atoms with Crippen molar-refractivity contribution in [2.45, 2.75) is 20.0 Å². The van der Waals surface area contributed by atoms with Gasteiger partial charge in [0.05, 0.1) is 0 Å². The predicted octanol–water partition coefficient (Wildman–Crippen LogP) is 3.59. The molecular weight excluding hydrogens is 328 g/mol. The molecule has 1 aromatic heterocycles. The Morgan fingerprint density at radius 2 is 1.73 bits per heavy atom. The summed E-state index contributed by atoms with van der Waals surface area (Å²) >= 11 is 0. The highest BCUT2D eigenvalue weighted by atomic mass is 16.4. The van der Waals surface area contributed by atoms with E-state index >= 15 is 0 Å². The minimum Gasteiger partial charge on any atom is -0.508 e. The Hall–Kier alpha value is -2.79. The van der Waals surface area contributed by atoms with Crippen molar-refractivity contribution in [3.05, 3.63) is 70.1 Å². The fraction of sp³-hybridized carbons (Fsp3) is 0.286. The summed E-state index contributed by atoms with van der Waals surface area (Å²) in [5, 5.41) is 10.5. The van der Waals surface area contributed by atoms with Crippen LogP contribution in [0.5, 0.6) is 5.75 Å². The number of benzene rings is 2. The molecule has 5 heteroatoms. The third-order valence-corrected chi connectivity index (χ3v) is 4.51. The van der Waals surface area contributed by atoms with E-state index in [4.69, 9.17) is 4.42 Å². The molecule has 1 N–H and O–H groups in total. The molecule has 0 radical (unpaired) electrons. The van der Waals surface area contributed by atoms with E-state index in [1.54, 1.807) is 12.1 Å². The third kappa shape index (κ3) is 4.06. The second kappa shape index (κ2) is 7.62. The van der Waals surface area contributed by atoms with Crippen molar-refractivity contribution in [1.29, 1.82) is 0 Å². The van der Waals surface area contributed by atoms with Gasteiger partial charge in [0.25, 0.3) is 0 Å². The summed E-state index contributed by atoms with van der Waals surface area (Å²) in [6.07, 6.45) is 0. The largest absolute Gasteiger partial charge is 0.508 e. The van der Waals surface area contributed by atoms with Gasteiger partial charge in [-0.2, -0.15) is 0 Å². The van der Waals surface area contributed by atoms with Crippen molar-refractivity contribution < 1.29 is 9.52 Å². The highest BCUT2D eigenvalue weighted by Crippen LogP contribution is 2.23. The van der Waals surface area contributed by atoms with Crippen LogP contribution >= 0.6 is 0 Å². The molecule has 0 bridgehead atoms. The monoisotopic (exact) mass is 352 g/mol. The van der Waals surface area contributed by atoms with Gasteiger partial charge in [0.1, 0.15) is 11.3 Å². The lowest BCUT2D eigenvalue weighted by molar-refractivity contribution is 0.272. The summed E-state index contributed by atoms with van der Waals surface area (Å²) in [6.45, 7) is 4.39. The average Bonchev–Trinajstić information content (AvgIpc) is 2.61. The molecule has 1 heterocycles. The Kier molecular flexibility index (Phi) is 5.28. The van der Waals surface area contributed by atoms with Crippen molar-refractivity contribution in [3.63, 3.8) is 0 Å². The van der Waals surface area contributed by atoms with E-state index < -0.39 is 5.63 Å². The van der Waals surface area contributed by atoms with Crippen molar-refractivity contribution >= 4 is 16.7 Å². The van der Waals surface area contributed by atoms with E-state index in [0.717, 1.165) is 24.0 Å². The molecule has 2 aromatic carbocycles. The van der Waals surface area contributed by atoms with Gasteiger partial charge in [-0.25, -0.2) is 4.79 Å². The molecule has 0 fully saturated rings. The SMILES string of the molecule is CCN(Cc1ccc(N(C)C)cc1)Cc1cc(=O)oc2cc(O)ccc12. The second-order valence-corrected chi connectivity index (χ2v) is 6.64. The number of fused-ring (bicyclic) bond motifs is 1. The lowest BCUT2D eigenvalue weighted by Gasteiger charge is -2.22. The zero-order valence-electron chi connectivity index (χ0n) is 15.4. The molecule has 0 aliphatic carbocycles. The zero-order valence-corrected chi connectivity index (χ0v) is 15.4. The standard InChI is InChI=1S/C21H24N2O3/c1-4-23(13-15-5-7-17(8-6-15)22(2)3)14-16-11-21(25)26-20-12-18(24)9-10-19(16)20/h5-12,24H,4,13-14H2,1-3H3. The molecule has 0 saturated heterocycles. The van der Waals surface area contributed by atoms with Crippen molar-refractivity contribution in [2.75, 3.05) is 25.5 Å². The van der Waals surface area contributed by atoms with Gasteiger partial charge >= 0.3 is 5.63 Å². The molecule has 0 aliphatic rings. The summed E-state index contributed by atoms with van der Waals surface area (Å²) in [7, 11) is 4.05. The number of anilines is 1. The lowest BCUT2D eigenvalue weighted by Crippen LogP contribution is -2.23. The zero-order chi connectivity index (χ0) is 18.7. The van der Waals surface area contributed by atoms with Crippen LogP contribution in [0.25, 0.3) is 11.0 Å². The topological polar surface area (TPSA) is 56.9 Å². The van der Waals surface area contributed by atoms with Crippen molar-refractivity contribution in [2.24, 2.45) is 0 Å². The van der Waals surface area contributed by atoms with Crippen LogP contribution in [0.15, 0.2) is 57.7 Å². The molecule has 3 aromatic rings. The first kappa shape index (κ1) is 18.0. The van der Waals surface area contributed by atoms with E-state index in [-0.39, 0.29) is 5.75 Å². The molecule has 3 rings (SSSR count).